The van der Waals surface area contributed by atoms with Gasteiger partial charge in [-0.25, -0.2) is 9.18 Å². The zero-order chi connectivity index (χ0) is 17.4. The highest BCUT2D eigenvalue weighted by Crippen LogP contribution is 2.11. The van der Waals surface area contributed by atoms with Crippen molar-refractivity contribution < 1.29 is 18.7 Å². The third-order valence-corrected chi connectivity index (χ3v) is 3.97. The number of hydrogen-bond acceptors (Lipinski definition) is 4. The number of carbonyl (C=O) groups is 2. The Morgan fingerprint density at radius 3 is 2.44 bits per heavy atom. The van der Waals surface area contributed by atoms with Crippen molar-refractivity contribution in [3.05, 3.63) is 35.6 Å². The minimum Gasteiger partial charge on any atom is -0.450 e. The summed E-state index contributed by atoms with van der Waals surface area (Å²) in [6.45, 7) is 4.69. The molecule has 0 aliphatic carbocycles. The number of benzene rings is 1. The highest BCUT2D eigenvalue weighted by atomic mass is 35.5. The maximum Gasteiger partial charge on any atom is 0.409 e. The topological polar surface area (TPSA) is 70.7 Å². The molecule has 25 heavy (non-hydrogen) atoms. The summed E-state index contributed by atoms with van der Waals surface area (Å²) in [5.74, 6) is -0.573. The van der Waals surface area contributed by atoms with Gasteiger partial charge in [0.1, 0.15) is 5.82 Å². The van der Waals surface area contributed by atoms with Gasteiger partial charge in [0.25, 0.3) is 5.91 Å². The highest BCUT2D eigenvalue weighted by molar-refractivity contribution is 5.94. The van der Waals surface area contributed by atoms with Gasteiger partial charge in [-0.1, -0.05) is 0 Å². The van der Waals surface area contributed by atoms with Gasteiger partial charge in [0.05, 0.1) is 6.61 Å². The second-order valence-corrected chi connectivity index (χ2v) is 5.68. The standard InChI is InChI=1S/C17H24FN3O3.ClH/c1-2-24-17(23)21-11-7-15(8-12-21)19-9-10-20-16(22)13-3-5-14(18)6-4-13;/h3-6,15,19H,2,7-12H2,1H3,(H,20,22);1H. The van der Waals surface area contributed by atoms with Crippen LogP contribution in [0.15, 0.2) is 24.3 Å². The Kier molecular flexibility index (Phi) is 9.23. The number of piperidine rings is 1. The average Bonchev–Trinajstić information content (AvgIpc) is 2.60. The van der Waals surface area contributed by atoms with E-state index in [4.69, 9.17) is 4.74 Å². The van der Waals surface area contributed by atoms with Crippen LogP contribution in [-0.2, 0) is 4.74 Å². The van der Waals surface area contributed by atoms with E-state index in [9.17, 15) is 14.0 Å². The normalized spacial score (nSPS) is 14.6. The summed E-state index contributed by atoms with van der Waals surface area (Å²) in [7, 11) is 0. The Morgan fingerprint density at radius 2 is 1.84 bits per heavy atom. The summed E-state index contributed by atoms with van der Waals surface area (Å²) in [5, 5.41) is 6.17. The van der Waals surface area contributed by atoms with E-state index in [2.05, 4.69) is 10.6 Å². The van der Waals surface area contributed by atoms with Crippen LogP contribution >= 0.6 is 12.4 Å². The van der Waals surface area contributed by atoms with Crippen molar-refractivity contribution in [1.82, 2.24) is 15.5 Å². The maximum atomic E-state index is 12.8. The van der Waals surface area contributed by atoms with Gasteiger partial charge in [-0.3, -0.25) is 4.79 Å². The fourth-order valence-corrected chi connectivity index (χ4v) is 2.64. The van der Waals surface area contributed by atoms with Crippen molar-refractivity contribution in [2.45, 2.75) is 25.8 Å². The van der Waals surface area contributed by atoms with Gasteiger partial charge >= 0.3 is 6.09 Å². The van der Waals surface area contributed by atoms with Crippen molar-refractivity contribution in [1.29, 1.82) is 0 Å². The van der Waals surface area contributed by atoms with Gasteiger partial charge in [0.2, 0.25) is 0 Å². The Hall–Kier alpha value is -1.86. The molecule has 140 valence electrons. The van der Waals surface area contributed by atoms with E-state index in [1.807, 2.05) is 0 Å². The monoisotopic (exact) mass is 373 g/mol. The lowest BCUT2D eigenvalue weighted by molar-refractivity contribution is 0.0931. The first-order valence-electron chi connectivity index (χ1n) is 8.29. The molecular weight excluding hydrogens is 349 g/mol. The maximum absolute atomic E-state index is 12.8. The zero-order valence-corrected chi connectivity index (χ0v) is 15.1. The van der Waals surface area contributed by atoms with Crippen molar-refractivity contribution in [2.24, 2.45) is 0 Å². The molecule has 0 radical (unpaired) electrons. The smallest absolute Gasteiger partial charge is 0.409 e. The van der Waals surface area contributed by atoms with Gasteiger partial charge in [-0.15, -0.1) is 12.4 Å². The number of rotatable bonds is 6. The van der Waals surface area contributed by atoms with E-state index >= 15 is 0 Å². The van der Waals surface area contributed by atoms with E-state index in [0.29, 0.717) is 44.4 Å². The van der Waals surface area contributed by atoms with Crippen molar-refractivity contribution in [3.8, 4) is 0 Å². The van der Waals surface area contributed by atoms with Crippen LogP contribution in [0.1, 0.15) is 30.1 Å². The fraction of sp³-hybridized carbons (Fsp3) is 0.529. The van der Waals surface area contributed by atoms with Crippen LogP contribution < -0.4 is 10.6 Å². The number of carbonyl (C=O) groups excluding carboxylic acids is 2. The second kappa shape index (κ2) is 10.9. The third-order valence-electron chi connectivity index (χ3n) is 3.97. The number of likely N-dealkylation sites (tertiary alicyclic amines) is 1. The molecule has 1 aromatic rings. The number of halogens is 2. The summed E-state index contributed by atoms with van der Waals surface area (Å²) in [4.78, 5) is 25.2. The Morgan fingerprint density at radius 1 is 1.20 bits per heavy atom. The summed E-state index contributed by atoms with van der Waals surface area (Å²) in [6.07, 6.45) is 1.48. The first-order valence-corrected chi connectivity index (χ1v) is 8.29. The van der Waals surface area contributed by atoms with Crippen LogP contribution in [0.5, 0.6) is 0 Å². The SMILES string of the molecule is CCOC(=O)N1CCC(NCCNC(=O)c2ccc(F)cc2)CC1.Cl. The molecule has 0 saturated carbocycles. The first-order chi connectivity index (χ1) is 11.6. The van der Waals surface area contributed by atoms with E-state index in [-0.39, 0.29) is 30.2 Å². The zero-order valence-electron chi connectivity index (χ0n) is 14.3. The van der Waals surface area contributed by atoms with Gasteiger partial charge < -0.3 is 20.3 Å². The molecule has 1 heterocycles. The highest BCUT2D eigenvalue weighted by Gasteiger charge is 2.22. The van der Waals surface area contributed by atoms with Gasteiger partial charge in [-0.2, -0.15) is 0 Å². The first kappa shape index (κ1) is 21.2. The molecule has 2 amide bonds. The molecular formula is C17H25ClFN3O3. The van der Waals surface area contributed by atoms with Crippen molar-refractivity contribution in [3.63, 3.8) is 0 Å². The molecule has 0 aromatic heterocycles. The van der Waals surface area contributed by atoms with E-state index in [0.717, 1.165) is 12.8 Å². The van der Waals surface area contributed by atoms with E-state index < -0.39 is 0 Å². The second-order valence-electron chi connectivity index (χ2n) is 5.68. The Labute approximate surface area is 153 Å². The van der Waals surface area contributed by atoms with Gasteiger partial charge in [-0.05, 0) is 44.0 Å². The Balaban J connectivity index is 0.00000312. The van der Waals surface area contributed by atoms with Crippen molar-refractivity contribution in [2.75, 3.05) is 32.8 Å². The number of hydrogen-bond donors (Lipinski definition) is 2. The van der Waals surface area contributed by atoms with E-state index in [1.165, 1.54) is 24.3 Å². The van der Waals surface area contributed by atoms with Crippen LogP contribution in [0.4, 0.5) is 9.18 Å². The summed E-state index contributed by atoms with van der Waals surface area (Å²) >= 11 is 0. The van der Waals surface area contributed by atoms with Crippen LogP contribution in [0.2, 0.25) is 0 Å². The molecule has 2 N–H and O–H groups in total. The minimum absolute atomic E-state index is 0. The lowest BCUT2D eigenvalue weighted by Gasteiger charge is -2.31. The summed E-state index contributed by atoms with van der Waals surface area (Å²) in [6, 6.07) is 5.79. The van der Waals surface area contributed by atoms with Crippen LogP contribution in [-0.4, -0.2) is 55.7 Å². The molecule has 6 nitrogen and oxygen atoms in total. The molecule has 1 aliphatic heterocycles. The molecule has 1 aromatic carbocycles. The summed E-state index contributed by atoms with van der Waals surface area (Å²) in [5.41, 5.74) is 0.444. The molecule has 8 heteroatoms. The average molecular weight is 374 g/mol. The molecule has 0 unspecified atom stereocenters. The quantitative estimate of drug-likeness (QED) is 0.750. The molecule has 1 fully saturated rings. The van der Waals surface area contributed by atoms with Gasteiger partial charge in [0.15, 0.2) is 0 Å². The predicted octanol–water partition coefficient (Wildman–Crippen LogP) is 2.19. The number of amides is 2. The predicted molar refractivity (Wildman–Crippen MR) is 95.6 cm³/mol. The largest absolute Gasteiger partial charge is 0.450 e. The van der Waals surface area contributed by atoms with Crippen LogP contribution in [0.25, 0.3) is 0 Å². The Bertz CT molecular complexity index is 549. The number of ether oxygens (including phenoxy) is 1. The molecule has 1 aliphatic rings. The van der Waals surface area contributed by atoms with Crippen LogP contribution in [0.3, 0.4) is 0 Å². The van der Waals surface area contributed by atoms with Gasteiger partial charge in [0, 0.05) is 37.8 Å². The number of nitrogens with zero attached hydrogens (tertiary/aromatic N) is 1. The minimum atomic E-state index is -0.359. The lowest BCUT2D eigenvalue weighted by atomic mass is 10.1. The van der Waals surface area contributed by atoms with Crippen molar-refractivity contribution >= 4 is 24.4 Å². The fourth-order valence-electron chi connectivity index (χ4n) is 2.64. The molecule has 0 bridgehead atoms. The molecule has 2 rings (SSSR count). The molecule has 0 atom stereocenters. The lowest BCUT2D eigenvalue weighted by Crippen LogP contribution is -2.46. The third kappa shape index (κ3) is 6.88. The molecule has 0 spiro atoms. The molecule has 1 saturated heterocycles. The number of nitrogens with one attached hydrogen (secondary N) is 2. The van der Waals surface area contributed by atoms with E-state index in [1.54, 1.807) is 11.8 Å². The summed E-state index contributed by atoms with van der Waals surface area (Å²) < 4.78 is 17.8. The van der Waals surface area contributed by atoms with Crippen LogP contribution in [0, 0.1) is 5.82 Å².